The van der Waals surface area contributed by atoms with Crippen LogP contribution in [0.5, 0.6) is 11.5 Å². The Hall–Kier alpha value is -4.64. The third-order valence-electron chi connectivity index (χ3n) is 5.54. The molecular weight excluding hydrogens is 545 g/mol. The second-order valence-electron chi connectivity index (χ2n) is 8.45. The number of halogens is 3. The Morgan fingerprint density at radius 3 is 2.15 bits per heavy atom. The molecule has 4 aromatic rings. The second kappa shape index (κ2) is 12.5. The highest BCUT2D eigenvalue weighted by Crippen LogP contribution is 2.30. The summed E-state index contributed by atoms with van der Waals surface area (Å²) in [6.45, 7) is 0.337. The molecule has 0 radical (unpaired) electrons. The zero-order valence-corrected chi connectivity index (χ0v) is 21.7. The van der Waals surface area contributed by atoms with E-state index in [0.29, 0.717) is 30.1 Å². The zero-order chi connectivity index (χ0) is 28.6. The van der Waals surface area contributed by atoms with Gasteiger partial charge in [-0.1, -0.05) is 60.7 Å². The van der Waals surface area contributed by atoms with Crippen LogP contribution in [0.1, 0.15) is 22.3 Å². The molecule has 0 unspecified atom stereocenters. The van der Waals surface area contributed by atoms with Crippen LogP contribution in [0.2, 0.25) is 0 Å². The molecular formula is C29H23F3N2O5S. The van der Waals surface area contributed by atoms with E-state index in [1.807, 2.05) is 30.3 Å². The van der Waals surface area contributed by atoms with Crippen molar-refractivity contribution < 1.29 is 35.3 Å². The first kappa shape index (κ1) is 28.4. The van der Waals surface area contributed by atoms with Gasteiger partial charge in [0.1, 0.15) is 17.3 Å². The maximum absolute atomic E-state index is 12.8. The van der Waals surface area contributed by atoms with Crippen molar-refractivity contribution >= 4 is 22.2 Å². The second-order valence-corrected chi connectivity index (χ2v) is 10.00. The quantitative estimate of drug-likeness (QED) is 0.150. The molecule has 1 amide bonds. The summed E-state index contributed by atoms with van der Waals surface area (Å²) in [4.78, 5) is 12.1. The van der Waals surface area contributed by atoms with Gasteiger partial charge in [-0.05, 0) is 48.0 Å². The highest BCUT2D eigenvalue weighted by Gasteiger charge is 2.31. The van der Waals surface area contributed by atoms with Crippen molar-refractivity contribution in [1.29, 1.82) is 0 Å². The minimum absolute atomic E-state index is 0.0250. The fraction of sp³-hybridized carbons (Fsp3) is 0.103. The van der Waals surface area contributed by atoms with Crippen LogP contribution in [0.25, 0.3) is 0 Å². The van der Waals surface area contributed by atoms with Gasteiger partial charge in [-0.3, -0.25) is 4.79 Å². The Bertz CT molecular complexity index is 1590. The standard InChI is InChI=1S/C29H23F3N2O5S/c30-29(31,32)24-14-16-25(17-15-24)40(36,37)39-27-13-7-5-11-23(27)19-33-34-28(35)18-22-10-4-6-12-26(22)38-20-21-8-2-1-3-9-21/h1-17,19H,18,20H2,(H,34,35)/b33-19+. The van der Waals surface area contributed by atoms with E-state index in [9.17, 15) is 26.4 Å². The lowest BCUT2D eigenvalue weighted by Gasteiger charge is -2.11. The summed E-state index contributed by atoms with van der Waals surface area (Å²) in [7, 11) is -4.44. The van der Waals surface area contributed by atoms with E-state index in [0.717, 1.165) is 17.7 Å². The highest BCUT2D eigenvalue weighted by atomic mass is 32.2. The number of hydrazone groups is 1. The summed E-state index contributed by atoms with van der Waals surface area (Å²) in [6.07, 6.45) is -3.43. The van der Waals surface area contributed by atoms with E-state index in [1.165, 1.54) is 24.4 Å². The van der Waals surface area contributed by atoms with Crippen molar-refractivity contribution in [1.82, 2.24) is 5.43 Å². The van der Waals surface area contributed by atoms with E-state index >= 15 is 0 Å². The van der Waals surface area contributed by atoms with Crippen molar-refractivity contribution in [2.75, 3.05) is 0 Å². The van der Waals surface area contributed by atoms with Gasteiger partial charge in [0, 0.05) is 11.1 Å². The molecule has 0 aromatic heterocycles. The summed E-state index contributed by atoms with van der Waals surface area (Å²) < 4.78 is 74.7. The van der Waals surface area contributed by atoms with Crippen molar-refractivity contribution in [2.45, 2.75) is 24.1 Å². The molecule has 7 nitrogen and oxygen atoms in total. The Labute approximate surface area is 229 Å². The number of carbonyl (C=O) groups excluding carboxylic acids is 1. The maximum atomic E-state index is 12.8. The lowest BCUT2D eigenvalue weighted by atomic mass is 10.1. The average Bonchev–Trinajstić information content (AvgIpc) is 2.93. The van der Waals surface area contributed by atoms with Crippen LogP contribution in [-0.4, -0.2) is 20.5 Å². The third-order valence-corrected chi connectivity index (χ3v) is 6.79. The Morgan fingerprint density at radius 1 is 0.825 bits per heavy atom. The minimum Gasteiger partial charge on any atom is -0.489 e. The fourth-order valence-corrected chi connectivity index (χ4v) is 4.51. The van der Waals surface area contributed by atoms with E-state index < -0.39 is 32.7 Å². The molecule has 0 aliphatic carbocycles. The Balaban J connectivity index is 1.39. The van der Waals surface area contributed by atoms with E-state index in [-0.39, 0.29) is 17.7 Å². The summed E-state index contributed by atoms with van der Waals surface area (Å²) in [5, 5.41) is 3.90. The van der Waals surface area contributed by atoms with Crippen LogP contribution in [0.15, 0.2) is 113 Å². The fourth-order valence-electron chi connectivity index (χ4n) is 3.55. The van der Waals surface area contributed by atoms with Gasteiger partial charge in [-0.2, -0.15) is 26.7 Å². The summed E-state index contributed by atoms with van der Waals surface area (Å²) in [5.41, 5.74) is 3.24. The molecule has 0 spiro atoms. The monoisotopic (exact) mass is 568 g/mol. The summed E-state index contributed by atoms with van der Waals surface area (Å²) in [6, 6.07) is 25.6. The first-order valence-corrected chi connectivity index (χ1v) is 13.3. The van der Waals surface area contributed by atoms with E-state index in [4.69, 9.17) is 8.92 Å². The molecule has 0 bridgehead atoms. The predicted octanol–water partition coefficient (Wildman–Crippen LogP) is 5.74. The highest BCUT2D eigenvalue weighted by molar-refractivity contribution is 7.87. The Kier molecular flexibility index (Phi) is 8.85. The number of nitrogens with one attached hydrogen (secondary N) is 1. The minimum atomic E-state index is -4.60. The molecule has 0 aliphatic heterocycles. The number of hydrogen-bond acceptors (Lipinski definition) is 6. The molecule has 0 aliphatic rings. The van der Waals surface area contributed by atoms with Crippen molar-refractivity contribution in [2.24, 2.45) is 5.10 Å². The molecule has 4 rings (SSSR count). The van der Waals surface area contributed by atoms with Gasteiger partial charge in [0.25, 0.3) is 0 Å². The number of benzene rings is 4. The van der Waals surface area contributed by atoms with Gasteiger partial charge in [0.05, 0.1) is 18.2 Å². The zero-order valence-electron chi connectivity index (χ0n) is 20.8. The lowest BCUT2D eigenvalue weighted by Crippen LogP contribution is -2.20. The van der Waals surface area contributed by atoms with Crippen molar-refractivity contribution in [3.05, 3.63) is 125 Å². The first-order valence-electron chi connectivity index (χ1n) is 11.9. The van der Waals surface area contributed by atoms with Crippen LogP contribution in [0, 0.1) is 0 Å². The third kappa shape index (κ3) is 7.70. The molecule has 0 saturated carbocycles. The number of nitrogens with zero attached hydrogens (tertiary/aromatic N) is 1. The van der Waals surface area contributed by atoms with Crippen molar-refractivity contribution in [3.8, 4) is 11.5 Å². The average molecular weight is 569 g/mol. The number of amides is 1. The normalized spacial score (nSPS) is 11.8. The molecule has 0 saturated heterocycles. The molecule has 0 fully saturated rings. The molecule has 0 heterocycles. The number of rotatable bonds is 10. The molecule has 0 atom stereocenters. The lowest BCUT2D eigenvalue weighted by molar-refractivity contribution is -0.137. The van der Waals surface area contributed by atoms with E-state index in [1.54, 1.807) is 30.3 Å². The van der Waals surface area contributed by atoms with Crippen LogP contribution in [-0.2, 0) is 34.1 Å². The smallest absolute Gasteiger partial charge is 0.416 e. The number of carbonyl (C=O) groups is 1. The van der Waals surface area contributed by atoms with Crippen molar-refractivity contribution in [3.63, 3.8) is 0 Å². The first-order chi connectivity index (χ1) is 19.1. The number of alkyl halides is 3. The van der Waals surface area contributed by atoms with Crippen LogP contribution >= 0.6 is 0 Å². The summed E-state index contributed by atoms with van der Waals surface area (Å²) >= 11 is 0. The van der Waals surface area contributed by atoms with Gasteiger partial charge in [-0.15, -0.1) is 0 Å². The number of para-hydroxylation sites is 2. The molecule has 206 valence electrons. The molecule has 40 heavy (non-hydrogen) atoms. The van der Waals surface area contributed by atoms with Gasteiger partial charge >= 0.3 is 16.3 Å². The van der Waals surface area contributed by atoms with Crippen LogP contribution < -0.4 is 14.3 Å². The molecule has 11 heteroatoms. The Morgan fingerprint density at radius 2 is 1.45 bits per heavy atom. The van der Waals surface area contributed by atoms with Gasteiger partial charge in [0.15, 0.2) is 5.75 Å². The molecule has 1 N–H and O–H groups in total. The summed E-state index contributed by atoms with van der Waals surface area (Å²) in [5.74, 6) is -0.0134. The SMILES string of the molecule is O=C(Cc1ccccc1OCc1ccccc1)N/N=C/c1ccccc1OS(=O)(=O)c1ccc(C(F)(F)F)cc1. The van der Waals surface area contributed by atoms with Crippen LogP contribution in [0.3, 0.4) is 0 Å². The number of hydrogen-bond donors (Lipinski definition) is 1. The van der Waals surface area contributed by atoms with Gasteiger partial charge in [-0.25, -0.2) is 5.43 Å². The largest absolute Gasteiger partial charge is 0.489 e. The topological polar surface area (TPSA) is 94.1 Å². The number of ether oxygens (including phenoxy) is 1. The maximum Gasteiger partial charge on any atom is 0.416 e. The predicted molar refractivity (Wildman–Crippen MR) is 142 cm³/mol. The van der Waals surface area contributed by atoms with E-state index in [2.05, 4.69) is 10.5 Å². The molecule has 4 aromatic carbocycles. The van der Waals surface area contributed by atoms with Gasteiger partial charge in [0.2, 0.25) is 5.91 Å². The van der Waals surface area contributed by atoms with Crippen LogP contribution in [0.4, 0.5) is 13.2 Å². The van der Waals surface area contributed by atoms with Gasteiger partial charge < -0.3 is 8.92 Å².